The zero-order chi connectivity index (χ0) is 21.6. The lowest BCUT2D eigenvalue weighted by Crippen LogP contribution is -2.46. The van der Waals surface area contributed by atoms with Crippen LogP contribution in [0.25, 0.3) is 0 Å². The van der Waals surface area contributed by atoms with Crippen molar-refractivity contribution in [1.29, 1.82) is 0 Å². The number of benzene rings is 2. The lowest BCUT2D eigenvalue weighted by Gasteiger charge is -2.35. The van der Waals surface area contributed by atoms with Crippen LogP contribution in [-0.4, -0.2) is 54.1 Å². The van der Waals surface area contributed by atoms with Gasteiger partial charge in [0.15, 0.2) is 0 Å². The van der Waals surface area contributed by atoms with E-state index in [9.17, 15) is 4.79 Å². The standard InChI is InChI=1S/C24H27N5O2/c1-18-5-3-8-21(13-18)27-22-15-23(26-17-25-22)29-11-9-28(10-12-29)16-19-6-4-7-20(14-19)24(30)31-2/h3-8,13-15,17H,9-12,16H2,1-2H3,(H,25,26,27). The Bertz CT molecular complexity index is 1050. The highest BCUT2D eigenvalue weighted by atomic mass is 16.5. The minimum absolute atomic E-state index is 0.300. The molecule has 0 amide bonds. The van der Waals surface area contributed by atoms with Crippen molar-refractivity contribution >= 4 is 23.3 Å². The van der Waals surface area contributed by atoms with Gasteiger partial charge in [0.1, 0.15) is 18.0 Å². The molecule has 160 valence electrons. The number of methoxy groups -OCH3 is 1. The predicted octanol–water partition coefficient (Wildman–Crippen LogP) is 3.64. The van der Waals surface area contributed by atoms with Gasteiger partial charge in [0.25, 0.3) is 0 Å². The topological polar surface area (TPSA) is 70.6 Å². The Hall–Kier alpha value is -3.45. The van der Waals surface area contributed by atoms with Crippen LogP contribution in [0.5, 0.6) is 0 Å². The largest absolute Gasteiger partial charge is 0.465 e. The van der Waals surface area contributed by atoms with Crippen molar-refractivity contribution in [3.05, 3.63) is 77.6 Å². The zero-order valence-electron chi connectivity index (χ0n) is 17.9. The van der Waals surface area contributed by atoms with Crippen molar-refractivity contribution in [2.24, 2.45) is 0 Å². The maximum atomic E-state index is 11.8. The molecule has 2 aromatic carbocycles. The van der Waals surface area contributed by atoms with E-state index < -0.39 is 0 Å². The van der Waals surface area contributed by atoms with Crippen LogP contribution in [-0.2, 0) is 11.3 Å². The minimum atomic E-state index is -0.300. The van der Waals surface area contributed by atoms with Gasteiger partial charge in [-0.1, -0.05) is 24.3 Å². The van der Waals surface area contributed by atoms with Crippen LogP contribution in [0, 0.1) is 6.92 Å². The van der Waals surface area contributed by atoms with Gasteiger partial charge in [-0.3, -0.25) is 4.90 Å². The monoisotopic (exact) mass is 417 g/mol. The first-order valence-electron chi connectivity index (χ1n) is 10.4. The summed E-state index contributed by atoms with van der Waals surface area (Å²) in [5, 5.41) is 3.36. The summed E-state index contributed by atoms with van der Waals surface area (Å²) in [7, 11) is 1.41. The van der Waals surface area contributed by atoms with Crippen LogP contribution in [0.2, 0.25) is 0 Å². The van der Waals surface area contributed by atoms with Gasteiger partial charge < -0.3 is 15.0 Å². The van der Waals surface area contributed by atoms with Crippen LogP contribution in [0.1, 0.15) is 21.5 Å². The zero-order valence-corrected chi connectivity index (χ0v) is 17.9. The van der Waals surface area contributed by atoms with E-state index >= 15 is 0 Å². The molecule has 2 heterocycles. The molecule has 7 heteroatoms. The molecule has 1 saturated heterocycles. The Kier molecular flexibility index (Phi) is 6.43. The van der Waals surface area contributed by atoms with Crippen LogP contribution in [0.3, 0.4) is 0 Å². The van der Waals surface area contributed by atoms with Gasteiger partial charge in [-0.2, -0.15) is 0 Å². The van der Waals surface area contributed by atoms with Crippen molar-refractivity contribution in [3.8, 4) is 0 Å². The molecule has 1 fully saturated rings. The molecule has 0 saturated carbocycles. The highest BCUT2D eigenvalue weighted by molar-refractivity contribution is 5.89. The Morgan fingerprint density at radius 2 is 1.84 bits per heavy atom. The summed E-state index contributed by atoms with van der Waals surface area (Å²) in [6.45, 7) is 6.50. The first-order valence-corrected chi connectivity index (χ1v) is 10.4. The normalized spacial score (nSPS) is 14.3. The fourth-order valence-corrected chi connectivity index (χ4v) is 3.77. The predicted molar refractivity (Wildman–Crippen MR) is 122 cm³/mol. The summed E-state index contributed by atoms with van der Waals surface area (Å²) in [6.07, 6.45) is 1.61. The number of nitrogens with zero attached hydrogens (tertiary/aromatic N) is 4. The number of ether oxygens (including phenoxy) is 1. The molecular weight excluding hydrogens is 390 g/mol. The number of hydrogen-bond donors (Lipinski definition) is 1. The van der Waals surface area contributed by atoms with Crippen LogP contribution >= 0.6 is 0 Å². The summed E-state index contributed by atoms with van der Waals surface area (Å²) in [5.41, 5.74) is 3.92. The number of hydrogen-bond acceptors (Lipinski definition) is 7. The van der Waals surface area contributed by atoms with Crippen molar-refractivity contribution < 1.29 is 9.53 Å². The number of aromatic nitrogens is 2. The Labute approximate surface area is 182 Å². The maximum Gasteiger partial charge on any atom is 0.337 e. The number of rotatable bonds is 6. The van der Waals surface area contributed by atoms with Gasteiger partial charge in [-0.15, -0.1) is 0 Å². The van der Waals surface area contributed by atoms with E-state index in [0.29, 0.717) is 5.56 Å². The Morgan fingerprint density at radius 3 is 2.61 bits per heavy atom. The first-order chi connectivity index (χ1) is 15.1. The summed E-state index contributed by atoms with van der Waals surface area (Å²) >= 11 is 0. The molecule has 0 aliphatic carbocycles. The second kappa shape index (κ2) is 9.57. The fraction of sp³-hybridized carbons (Fsp3) is 0.292. The number of aryl methyl sites for hydroxylation is 1. The minimum Gasteiger partial charge on any atom is -0.465 e. The Morgan fingerprint density at radius 1 is 1.03 bits per heavy atom. The van der Waals surface area contributed by atoms with Crippen molar-refractivity contribution in [3.63, 3.8) is 0 Å². The van der Waals surface area contributed by atoms with Gasteiger partial charge in [-0.05, 0) is 42.3 Å². The van der Waals surface area contributed by atoms with Crippen molar-refractivity contribution in [2.45, 2.75) is 13.5 Å². The molecular formula is C24H27N5O2. The molecule has 0 atom stereocenters. The van der Waals surface area contributed by atoms with E-state index in [4.69, 9.17) is 4.74 Å². The summed E-state index contributed by atoms with van der Waals surface area (Å²) < 4.78 is 4.82. The molecule has 1 aliphatic heterocycles. The molecule has 1 aromatic heterocycles. The van der Waals surface area contributed by atoms with Crippen LogP contribution < -0.4 is 10.2 Å². The average Bonchev–Trinajstić information content (AvgIpc) is 2.79. The lowest BCUT2D eigenvalue weighted by molar-refractivity contribution is 0.0600. The highest BCUT2D eigenvalue weighted by Crippen LogP contribution is 2.21. The maximum absolute atomic E-state index is 11.8. The van der Waals surface area contributed by atoms with E-state index in [1.807, 2.05) is 36.4 Å². The smallest absolute Gasteiger partial charge is 0.337 e. The molecule has 0 bridgehead atoms. The third-order valence-electron chi connectivity index (χ3n) is 5.39. The fourth-order valence-electron chi connectivity index (χ4n) is 3.77. The molecule has 7 nitrogen and oxygen atoms in total. The number of carbonyl (C=O) groups is 1. The molecule has 0 spiro atoms. The second-order valence-electron chi connectivity index (χ2n) is 7.71. The van der Waals surface area contributed by atoms with E-state index in [2.05, 4.69) is 44.1 Å². The number of carbonyl (C=O) groups excluding carboxylic acids is 1. The molecule has 0 unspecified atom stereocenters. The molecule has 4 rings (SSSR count). The molecule has 1 aliphatic rings. The van der Waals surface area contributed by atoms with Crippen LogP contribution in [0.4, 0.5) is 17.3 Å². The van der Waals surface area contributed by atoms with Gasteiger partial charge in [0.05, 0.1) is 12.7 Å². The van der Waals surface area contributed by atoms with Gasteiger partial charge >= 0.3 is 5.97 Å². The summed E-state index contributed by atoms with van der Waals surface area (Å²) in [6, 6.07) is 17.9. The van der Waals surface area contributed by atoms with Crippen LogP contribution in [0.15, 0.2) is 60.9 Å². The van der Waals surface area contributed by atoms with Gasteiger partial charge in [-0.25, -0.2) is 14.8 Å². The molecule has 1 N–H and O–H groups in total. The number of nitrogens with one attached hydrogen (secondary N) is 1. The summed E-state index contributed by atoms with van der Waals surface area (Å²) in [5.74, 6) is 1.42. The summed E-state index contributed by atoms with van der Waals surface area (Å²) in [4.78, 5) is 25.3. The van der Waals surface area contributed by atoms with Gasteiger partial charge in [0, 0.05) is 44.5 Å². The Balaban J connectivity index is 1.35. The molecule has 3 aromatic rings. The highest BCUT2D eigenvalue weighted by Gasteiger charge is 2.19. The molecule has 0 radical (unpaired) electrons. The first kappa shape index (κ1) is 20.8. The molecule has 31 heavy (non-hydrogen) atoms. The van der Waals surface area contributed by atoms with E-state index in [0.717, 1.165) is 55.6 Å². The van der Waals surface area contributed by atoms with E-state index in [1.54, 1.807) is 12.4 Å². The van der Waals surface area contributed by atoms with E-state index in [-0.39, 0.29) is 5.97 Å². The average molecular weight is 418 g/mol. The van der Waals surface area contributed by atoms with Crippen molar-refractivity contribution in [1.82, 2.24) is 14.9 Å². The van der Waals surface area contributed by atoms with Crippen molar-refractivity contribution in [2.75, 3.05) is 43.5 Å². The quantitative estimate of drug-likeness (QED) is 0.614. The number of piperazine rings is 1. The third kappa shape index (κ3) is 5.38. The number of anilines is 3. The van der Waals surface area contributed by atoms with E-state index in [1.165, 1.54) is 12.7 Å². The van der Waals surface area contributed by atoms with Gasteiger partial charge in [0.2, 0.25) is 0 Å². The SMILES string of the molecule is COC(=O)c1cccc(CN2CCN(c3cc(Nc4cccc(C)c4)ncn3)CC2)c1. The number of esters is 1. The second-order valence-corrected chi connectivity index (χ2v) is 7.71. The third-order valence-corrected chi connectivity index (χ3v) is 5.39. The lowest BCUT2D eigenvalue weighted by atomic mass is 10.1.